The minimum absolute atomic E-state index is 0.0894. The first-order chi connectivity index (χ1) is 13.8. The molecule has 29 heavy (non-hydrogen) atoms. The molecular weight excluding hydrogens is 402 g/mol. The van der Waals surface area contributed by atoms with Crippen molar-refractivity contribution in [3.8, 4) is 0 Å². The number of amides is 1. The van der Waals surface area contributed by atoms with Gasteiger partial charge in [-0.1, -0.05) is 0 Å². The molecule has 2 aromatic rings. The molecule has 0 saturated heterocycles. The lowest BCUT2D eigenvalue weighted by molar-refractivity contribution is -0.137. The molecule has 0 radical (unpaired) electrons. The largest absolute Gasteiger partial charge is 0.481 e. The zero-order chi connectivity index (χ0) is 21.6. The summed E-state index contributed by atoms with van der Waals surface area (Å²) in [7, 11) is 0. The second kappa shape index (κ2) is 9.82. The topological polar surface area (TPSA) is 137 Å². The number of nitrogens with zero attached hydrogens (tertiary/aromatic N) is 2. The van der Waals surface area contributed by atoms with Gasteiger partial charge in [0.1, 0.15) is 9.88 Å². The maximum atomic E-state index is 12.6. The summed E-state index contributed by atoms with van der Waals surface area (Å²) in [5.74, 6) is -2.80. The van der Waals surface area contributed by atoms with Gasteiger partial charge in [-0.2, -0.15) is 5.10 Å². The number of carbonyl (C=O) groups is 4. The monoisotopic (exact) mass is 423 g/mol. The Labute approximate surface area is 170 Å². The van der Waals surface area contributed by atoms with Crippen molar-refractivity contribution in [1.82, 2.24) is 9.78 Å². The fourth-order valence-corrected chi connectivity index (χ4v) is 3.51. The second-order valence-electron chi connectivity index (χ2n) is 5.79. The summed E-state index contributed by atoms with van der Waals surface area (Å²) >= 11 is 0.920. The Balaban J connectivity index is 2.29. The summed E-state index contributed by atoms with van der Waals surface area (Å²) in [4.78, 5) is 47.9. The Kier molecular flexibility index (Phi) is 7.48. The molecule has 156 valence electrons. The number of carboxylic acids is 1. The van der Waals surface area contributed by atoms with E-state index in [9.17, 15) is 19.2 Å². The number of thiophene rings is 1. The third-order valence-electron chi connectivity index (χ3n) is 3.76. The number of hydrogen-bond acceptors (Lipinski definition) is 8. The van der Waals surface area contributed by atoms with Gasteiger partial charge in [-0.25, -0.2) is 9.59 Å². The van der Waals surface area contributed by atoms with Gasteiger partial charge in [0.15, 0.2) is 0 Å². The van der Waals surface area contributed by atoms with E-state index in [2.05, 4.69) is 10.4 Å². The molecule has 11 heteroatoms. The first-order valence-corrected chi connectivity index (χ1v) is 9.63. The van der Waals surface area contributed by atoms with Gasteiger partial charge in [0.05, 0.1) is 43.5 Å². The molecule has 0 aliphatic carbocycles. The van der Waals surface area contributed by atoms with Gasteiger partial charge in [-0.05, 0) is 26.3 Å². The zero-order valence-electron chi connectivity index (χ0n) is 16.2. The summed E-state index contributed by atoms with van der Waals surface area (Å²) in [6.07, 6.45) is 2.55. The van der Waals surface area contributed by atoms with Crippen molar-refractivity contribution in [2.24, 2.45) is 0 Å². The van der Waals surface area contributed by atoms with Crippen LogP contribution in [0.3, 0.4) is 0 Å². The molecule has 2 aromatic heterocycles. The lowest BCUT2D eigenvalue weighted by Gasteiger charge is -2.06. The predicted octanol–water partition coefficient (Wildman–Crippen LogP) is 2.33. The van der Waals surface area contributed by atoms with Crippen molar-refractivity contribution in [3.63, 3.8) is 0 Å². The van der Waals surface area contributed by atoms with Crippen molar-refractivity contribution in [2.75, 3.05) is 18.5 Å². The van der Waals surface area contributed by atoms with Crippen LogP contribution in [-0.4, -0.2) is 51.9 Å². The summed E-state index contributed by atoms with van der Waals surface area (Å²) < 4.78 is 11.4. The van der Waals surface area contributed by atoms with Gasteiger partial charge < -0.3 is 19.9 Å². The molecule has 0 saturated carbocycles. The van der Waals surface area contributed by atoms with Crippen LogP contribution in [0, 0.1) is 6.92 Å². The van der Waals surface area contributed by atoms with Crippen LogP contribution in [-0.2, 0) is 20.8 Å². The van der Waals surface area contributed by atoms with E-state index < -0.39 is 23.8 Å². The molecule has 2 rings (SSSR count). The number of rotatable bonds is 9. The maximum Gasteiger partial charge on any atom is 0.348 e. The summed E-state index contributed by atoms with van der Waals surface area (Å²) in [5.41, 5.74) is 0.625. The van der Waals surface area contributed by atoms with E-state index in [0.717, 1.165) is 11.3 Å². The molecule has 0 unspecified atom stereocenters. The molecule has 0 aliphatic heterocycles. The van der Waals surface area contributed by atoms with Crippen molar-refractivity contribution in [2.45, 2.75) is 33.7 Å². The predicted molar refractivity (Wildman–Crippen MR) is 103 cm³/mol. The summed E-state index contributed by atoms with van der Waals surface area (Å²) in [5, 5.41) is 15.4. The molecule has 2 heterocycles. The maximum absolute atomic E-state index is 12.6. The normalized spacial score (nSPS) is 10.4. The van der Waals surface area contributed by atoms with Gasteiger partial charge in [-0.15, -0.1) is 11.3 Å². The number of anilines is 1. The SMILES string of the molecule is CCOC(=O)c1sc(NC(=O)c2cnn(CCC(=O)O)c2)c(C(=O)OCC)c1C. The van der Waals surface area contributed by atoms with Crippen LogP contribution >= 0.6 is 11.3 Å². The molecule has 10 nitrogen and oxygen atoms in total. The van der Waals surface area contributed by atoms with Crippen LogP contribution in [0.15, 0.2) is 12.4 Å². The Morgan fingerprint density at radius 3 is 2.45 bits per heavy atom. The first kappa shape index (κ1) is 22.1. The molecule has 0 aliphatic rings. The molecule has 0 spiro atoms. The lowest BCUT2D eigenvalue weighted by atomic mass is 10.1. The number of aliphatic carboxylic acids is 1. The van der Waals surface area contributed by atoms with Crippen LogP contribution < -0.4 is 5.32 Å². The number of nitrogens with one attached hydrogen (secondary N) is 1. The minimum Gasteiger partial charge on any atom is -0.481 e. The highest BCUT2D eigenvalue weighted by atomic mass is 32.1. The second-order valence-corrected chi connectivity index (χ2v) is 6.81. The van der Waals surface area contributed by atoms with Crippen LogP contribution in [0.25, 0.3) is 0 Å². The standard InChI is InChI=1S/C18H21N3O7S/c1-4-27-17(25)13-10(3)14(18(26)28-5-2)29-16(13)20-15(24)11-8-19-21(9-11)7-6-12(22)23/h8-9H,4-7H2,1-3H3,(H,20,24)(H,22,23). The number of esters is 2. The van der Waals surface area contributed by atoms with Gasteiger partial charge in [0.2, 0.25) is 0 Å². The Bertz CT molecular complexity index is 932. The smallest absolute Gasteiger partial charge is 0.348 e. The van der Waals surface area contributed by atoms with Crippen molar-refractivity contribution >= 4 is 40.2 Å². The van der Waals surface area contributed by atoms with Crippen LogP contribution in [0.1, 0.15) is 56.2 Å². The van der Waals surface area contributed by atoms with Crippen LogP contribution in [0.2, 0.25) is 0 Å². The Morgan fingerprint density at radius 1 is 1.17 bits per heavy atom. The van der Waals surface area contributed by atoms with Crippen LogP contribution in [0.4, 0.5) is 5.00 Å². The summed E-state index contributed by atoms with van der Waals surface area (Å²) in [6, 6.07) is 0. The Hall–Kier alpha value is -3.21. The number of aromatic nitrogens is 2. The lowest BCUT2D eigenvalue weighted by Crippen LogP contribution is -2.14. The minimum atomic E-state index is -0.980. The highest BCUT2D eigenvalue weighted by molar-refractivity contribution is 7.18. The number of carboxylic acid groups (broad SMARTS) is 1. The highest BCUT2D eigenvalue weighted by Gasteiger charge is 2.27. The number of carbonyl (C=O) groups excluding carboxylic acids is 3. The quantitative estimate of drug-likeness (QED) is 0.586. The van der Waals surface area contributed by atoms with Gasteiger partial charge in [0, 0.05) is 6.20 Å². The fourth-order valence-electron chi connectivity index (χ4n) is 2.43. The number of hydrogen-bond donors (Lipinski definition) is 2. The molecule has 1 amide bonds. The third kappa shape index (κ3) is 5.41. The zero-order valence-corrected chi connectivity index (χ0v) is 17.0. The van der Waals surface area contributed by atoms with Gasteiger partial charge >= 0.3 is 17.9 Å². The van der Waals surface area contributed by atoms with Gasteiger partial charge in [0.25, 0.3) is 5.91 Å². The highest BCUT2D eigenvalue weighted by Crippen LogP contribution is 2.34. The molecule has 2 N–H and O–H groups in total. The third-order valence-corrected chi connectivity index (χ3v) is 4.95. The van der Waals surface area contributed by atoms with E-state index in [1.807, 2.05) is 0 Å². The number of aryl methyl sites for hydroxylation is 1. The number of ether oxygens (including phenoxy) is 2. The van der Waals surface area contributed by atoms with E-state index >= 15 is 0 Å². The molecule has 0 aromatic carbocycles. The summed E-state index contributed by atoms with van der Waals surface area (Å²) in [6.45, 7) is 5.30. The van der Waals surface area contributed by atoms with E-state index in [4.69, 9.17) is 14.6 Å². The average molecular weight is 423 g/mol. The van der Waals surface area contributed by atoms with Crippen molar-refractivity contribution < 1.29 is 33.8 Å². The van der Waals surface area contributed by atoms with E-state index in [1.165, 1.54) is 17.1 Å². The van der Waals surface area contributed by atoms with E-state index in [-0.39, 0.29) is 47.2 Å². The fraction of sp³-hybridized carbons (Fsp3) is 0.389. The van der Waals surface area contributed by atoms with E-state index in [0.29, 0.717) is 5.56 Å². The molecule has 0 fully saturated rings. The van der Waals surface area contributed by atoms with Crippen molar-refractivity contribution in [1.29, 1.82) is 0 Å². The molecular formula is C18H21N3O7S. The Morgan fingerprint density at radius 2 is 1.83 bits per heavy atom. The van der Waals surface area contributed by atoms with Crippen LogP contribution in [0.5, 0.6) is 0 Å². The molecule has 0 atom stereocenters. The average Bonchev–Trinajstić information content (AvgIpc) is 3.25. The van der Waals surface area contributed by atoms with E-state index in [1.54, 1.807) is 20.8 Å². The van der Waals surface area contributed by atoms with Gasteiger partial charge in [-0.3, -0.25) is 14.3 Å². The first-order valence-electron chi connectivity index (χ1n) is 8.81. The van der Waals surface area contributed by atoms with Crippen molar-refractivity contribution in [3.05, 3.63) is 34.0 Å². The molecule has 0 bridgehead atoms.